The number of nitrogens with zero attached hydrogens (tertiary/aromatic N) is 1. The first-order valence-electron chi connectivity index (χ1n) is 7.71. The highest BCUT2D eigenvalue weighted by Gasteiger charge is 2.21. The average molecular weight is 333 g/mol. The summed E-state index contributed by atoms with van der Waals surface area (Å²) in [6, 6.07) is 6.56. The molecule has 1 aliphatic rings. The number of benzene rings is 1. The highest BCUT2D eigenvalue weighted by Crippen LogP contribution is 2.24. The van der Waals surface area contributed by atoms with E-state index in [9.17, 15) is 13.6 Å². The zero-order chi connectivity index (χ0) is 16.9. The van der Waals surface area contributed by atoms with Gasteiger partial charge in [0.05, 0.1) is 6.04 Å². The summed E-state index contributed by atoms with van der Waals surface area (Å²) in [5.41, 5.74) is 0.647. The quantitative estimate of drug-likeness (QED) is 0.883. The van der Waals surface area contributed by atoms with Crippen molar-refractivity contribution in [3.8, 4) is 11.6 Å². The maximum absolute atomic E-state index is 13.3. The summed E-state index contributed by atoms with van der Waals surface area (Å²) in [4.78, 5) is 16.1. The standard InChI is InChI=1S/C17H17F2N3O2/c18-13-6-5-12(9-14(13)19)24-17-11(3-1-8-21-17)10-22-16(23)15-4-2-7-20-15/h1,3,5-6,8-9,15,20H,2,4,7,10H2,(H,22,23)/t15-/m0/s1. The van der Waals surface area contributed by atoms with E-state index in [4.69, 9.17) is 4.74 Å². The number of carbonyl (C=O) groups excluding carboxylic acids is 1. The Balaban J connectivity index is 1.68. The fourth-order valence-corrected chi connectivity index (χ4v) is 2.52. The molecule has 1 saturated heterocycles. The largest absolute Gasteiger partial charge is 0.439 e. The number of halogens is 2. The van der Waals surface area contributed by atoms with Gasteiger partial charge in [0, 0.05) is 24.4 Å². The molecule has 1 atom stereocenters. The third-order valence-electron chi connectivity index (χ3n) is 3.79. The van der Waals surface area contributed by atoms with Crippen LogP contribution in [0.3, 0.4) is 0 Å². The fraction of sp³-hybridized carbons (Fsp3) is 0.294. The Morgan fingerprint density at radius 3 is 2.96 bits per heavy atom. The zero-order valence-electron chi connectivity index (χ0n) is 12.9. The van der Waals surface area contributed by atoms with E-state index in [0.717, 1.165) is 31.5 Å². The van der Waals surface area contributed by atoms with Crippen molar-refractivity contribution in [1.82, 2.24) is 15.6 Å². The van der Waals surface area contributed by atoms with Gasteiger partial charge in [0.15, 0.2) is 11.6 Å². The highest BCUT2D eigenvalue weighted by atomic mass is 19.2. The van der Waals surface area contributed by atoms with E-state index in [1.807, 2.05) is 0 Å². The van der Waals surface area contributed by atoms with Crippen molar-refractivity contribution in [3.05, 3.63) is 53.7 Å². The van der Waals surface area contributed by atoms with Crippen LogP contribution in [0.5, 0.6) is 11.6 Å². The van der Waals surface area contributed by atoms with Crippen molar-refractivity contribution >= 4 is 5.91 Å². The number of nitrogens with one attached hydrogen (secondary N) is 2. The van der Waals surface area contributed by atoms with Gasteiger partial charge in [-0.15, -0.1) is 0 Å². The Labute approximate surface area is 138 Å². The molecule has 7 heteroatoms. The number of rotatable bonds is 5. The van der Waals surface area contributed by atoms with E-state index in [1.54, 1.807) is 12.1 Å². The summed E-state index contributed by atoms with van der Waals surface area (Å²) in [6.07, 6.45) is 3.33. The van der Waals surface area contributed by atoms with Gasteiger partial charge in [0.2, 0.25) is 11.8 Å². The third-order valence-corrected chi connectivity index (χ3v) is 3.79. The van der Waals surface area contributed by atoms with Gasteiger partial charge in [-0.05, 0) is 37.6 Å². The summed E-state index contributed by atoms with van der Waals surface area (Å²) in [7, 11) is 0. The molecule has 0 saturated carbocycles. The lowest BCUT2D eigenvalue weighted by Gasteiger charge is -2.13. The summed E-state index contributed by atoms with van der Waals surface area (Å²) in [5, 5.41) is 5.95. The molecular weight excluding hydrogens is 316 g/mol. The van der Waals surface area contributed by atoms with E-state index >= 15 is 0 Å². The first-order chi connectivity index (χ1) is 11.6. The molecular formula is C17H17F2N3O2. The van der Waals surface area contributed by atoms with Crippen LogP contribution in [-0.4, -0.2) is 23.5 Å². The Morgan fingerprint density at radius 2 is 2.21 bits per heavy atom. The molecule has 1 aliphatic heterocycles. The van der Waals surface area contributed by atoms with E-state index in [-0.39, 0.29) is 30.1 Å². The Kier molecular flexibility index (Phi) is 5.00. The van der Waals surface area contributed by atoms with Crippen LogP contribution < -0.4 is 15.4 Å². The van der Waals surface area contributed by atoms with Crippen molar-refractivity contribution in [2.75, 3.05) is 6.54 Å². The molecule has 3 rings (SSSR count). The molecule has 1 aromatic carbocycles. The van der Waals surface area contributed by atoms with Crippen LogP contribution in [0.2, 0.25) is 0 Å². The Morgan fingerprint density at radius 1 is 1.33 bits per heavy atom. The minimum Gasteiger partial charge on any atom is -0.439 e. The summed E-state index contributed by atoms with van der Waals surface area (Å²) < 4.78 is 31.8. The Bertz CT molecular complexity index is 734. The van der Waals surface area contributed by atoms with E-state index in [0.29, 0.717) is 5.56 Å². The molecule has 0 radical (unpaired) electrons. The monoisotopic (exact) mass is 333 g/mol. The molecule has 2 N–H and O–H groups in total. The van der Waals surface area contributed by atoms with E-state index in [2.05, 4.69) is 15.6 Å². The van der Waals surface area contributed by atoms with Crippen LogP contribution >= 0.6 is 0 Å². The van der Waals surface area contributed by atoms with Gasteiger partial charge in [0.1, 0.15) is 5.75 Å². The lowest BCUT2D eigenvalue weighted by molar-refractivity contribution is -0.122. The molecule has 2 heterocycles. The van der Waals surface area contributed by atoms with Gasteiger partial charge < -0.3 is 15.4 Å². The minimum atomic E-state index is -0.995. The van der Waals surface area contributed by atoms with Gasteiger partial charge in [-0.1, -0.05) is 6.07 Å². The SMILES string of the molecule is O=C(NCc1cccnc1Oc1ccc(F)c(F)c1)[C@@H]1CCCN1. The molecule has 0 bridgehead atoms. The van der Waals surface area contributed by atoms with Crippen LogP contribution in [0.25, 0.3) is 0 Å². The van der Waals surface area contributed by atoms with Gasteiger partial charge in [0.25, 0.3) is 0 Å². The first-order valence-corrected chi connectivity index (χ1v) is 7.71. The number of hydrogen-bond donors (Lipinski definition) is 2. The number of ether oxygens (including phenoxy) is 1. The number of pyridine rings is 1. The van der Waals surface area contributed by atoms with Crippen LogP contribution in [-0.2, 0) is 11.3 Å². The predicted molar refractivity (Wildman–Crippen MR) is 83.5 cm³/mol. The van der Waals surface area contributed by atoms with Crippen molar-refractivity contribution in [2.45, 2.75) is 25.4 Å². The number of hydrogen-bond acceptors (Lipinski definition) is 4. The van der Waals surface area contributed by atoms with Crippen molar-refractivity contribution < 1.29 is 18.3 Å². The topological polar surface area (TPSA) is 63.2 Å². The number of aromatic nitrogens is 1. The second-order valence-electron chi connectivity index (χ2n) is 5.51. The molecule has 2 aromatic rings. The second-order valence-corrected chi connectivity index (χ2v) is 5.51. The van der Waals surface area contributed by atoms with Crippen molar-refractivity contribution in [3.63, 3.8) is 0 Å². The summed E-state index contributed by atoms with van der Waals surface area (Å²) in [5.74, 6) is -1.64. The summed E-state index contributed by atoms with van der Waals surface area (Å²) >= 11 is 0. The van der Waals surface area contributed by atoms with Crippen LogP contribution in [0.4, 0.5) is 8.78 Å². The minimum absolute atomic E-state index is 0.0740. The molecule has 0 unspecified atom stereocenters. The second kappa shape index (κ2) is 7.35. The van der Waals surface area contributed by atoms with Crippen LogP contribution in [0, 0.1) is 11.6 Å². The maximum Gasteiger partial charge on any atom is 0.237 e. The highest BCUT2D eigenvalue weighted by molar-refractivity contribution is 5.82. The molecule has 0 spiro atoms. The zero-order valence-corrected chi connectivity index (χ0v) is 12.9. The molecule has 126 valence electrons. The van der Waals surface area contributed by atoms with Crippen LogP contribution in [0.15, 0.2) is 36.5 Å². The van der Waals surface area contributed by atoms with E-state index < -0.39 is 11.6 Å². The normalized spacial score (nSPS) is 16.8. The van der Waals surface area contributed by atoms with Crippen molar-refractivity contribution in [2.24, 2.45) is 0 Å². The smallest absolute Gasteiger partial charge is 0.237 e. The Hall–Kier alpha value is -2.54. The molecule has 24 heavy (non-hydrogen) atoms. The van der Waals surface area contributed by atoms with E-state index in [1.165, 1.54) is 12.3 Å². The lowest BCUT2D eigenvalue weighted by Crippen LogP contribution is -2.40. The van der Waals surface area contributed by atoms with Gasteiger partial charge >= 0.3 is 0 Å². The van der Waals surface area contributed by atoms with Gasteiger partial charge in [-0.25, -0.2) is 13.8 Å². The number of carbonyl (C=O) groups is 1. The maximum atomic E-state index is 13.3. The lowest BCUT2D eigenvalue weighted by atomic mass is 10.2. The van der Waals surface area contributed by atoms with Crippen molar-refractivity contribution in [1.29, 1.82) is 0 Å². The molecule has 1 amide bonds. The molecule has 5 nitrogen and oxygen atoms in total. The van der Waals surface area contributed by atoms with Crippen LogP contribution in [0.1, 0.15) is 18.4 Å². The number of amides is 1. The average Bonchev–Trinajstić information content (AvgIpc) is 3.12. The molecule has 1 fully saturated rings. The predicted octanol–water partition coefficient (Wildman–Crippen LogP) is 2.52. The summed E-state index contributed by atoms with van der Waals surface area (Å²) in [6.45, 7) is 1.08. The molecule has 1 aromatic heterocycles. The fourth-order valence-electron chi connectivity index (χ4n) is 2.52. The third kappa shape index (κ3) is 3.86. The van der Waals surface area contributed by atoms with Gasteiger partial charge in [-0.3, -0.25) is 4.79 Å². The van der Waals surface area contributed by atoms with Gasteiger partial charge in [-0.2, -0.15) is 0 Å². The first kappa shape index (κ1) is 16.3. The molecule has 0 aliphatic carbocycles.